The van der Waals surface area contributed by atoms with Gasteiger partial charge in [-0.15, -0.1) is 0 Å². The second-order valence-electron chi connectivity index (χ2n) is 5.77. The van der Waals surface area contributed by atoms with Crippen molar-refractivity contribution in [3.8, 4) is 5.69 Å². The average molecular weight is 370 g/mol. The molecule has 0 saturated heterocycles. The molecule has 0 fully saturated rings. The Bertz CT molecular complexity index is 1010. The van der Waals surface area contributed by atoms with Crippen molar-refractivity contribution >= 4 is 27.3 Å². The normalized spacial score (nSPS) is 11.1. The summed E-state index contributed by atoms with van der Waals surface area (Å²) in [4.78, 5) is 12.3. The number of hydrogen-bond acceptors (Lipinski definition) is 4. The van der Waals surface area contributed by atoms with E-state index in [4.69, 9.17) is 0 Å². The third kappa shape index (κ3) is 4.70. The third-order valence-electron chi connectivity index (χ3n) is 3.52. The minimum atomic E-state index is -3.44. The number of benzene rings is 2. The van der Waals surface area contributed by atoms with E-state index in [2.05, 4.69) is 15.1 Å². The van der Waals surface area contributed by atoms with Crippen molar-refractivity contribution in [3.05, 3.63) is 72.6 Å². The molecular formula is C18H18N4O3S. The topological polar surface area (TPSA) is 93.1 Å². The smallest absolute Gasteiger partial charge is 0.229 e. The first-order valence-corrected chi connectivity index (χ1v) is 9.75. The molecule has 0 saturated carbocycles. The molecule has 134 valence electrons. The lowest BCUT2D eigenvalue weighted by Crippen LogP contribution is -2.17. The largest absolute Gasteiger partial charge is 0.324 e. The molecule has 1 amide bonds. The summed E-state index contributed by atoms with van der Waals surface area (Å²) in [6.45, 7) is 0. The summed E-state index contributed by atoms with van der Waals surface area (Å²) >= 11 is 0. The third-order valence-corrected chi connectivity index (χ3v) is 4.11. The van der Waals surface area contributed by atoms with Gasteiger partial charge in [0.05, 0.1) is 35.9 Å². The van der Waals surface area contributed by atoms with Gasteiger partial charge < -0.3 is 5.32 Å². The molecule has 0 aliphatic heterocycles. The van der Waals surface area contributed by atoms with Gasteiger partial charge in [-0.3, -0.25) is 9.52 Å². The summed E-state index contributed by atoms with van der Waals surface area (Å²) < 4.78 is 26.9. The Morgan fingerprint density at radius 2 is 1.69 bits per heavy atom. The van der Waals surface area contributed by atoms with E-state index in [0.717, 1.165) is 17.5 Å². The quantitative estimate of drug-likeness (QED) is 0.697. The predicted molar refractivity (Wildman–Crippen MR) is 101 cm³/mol. The molecule has 3 rings (SSSR count). The van der Waals surface area contributed by atoms with Crippen LogP contribution in [0.3, 0.4) is 0 Å². The molecule has 7 nitrogen and oxygen atoms in total. The number of carbonyl (C=O) groups is 1. The molecule has 0 bridgehead atoms. The van der Waals surface area contributed by atoms with Gasteiger partial charge >= 0.3 is 0 Å². The first-order valence-electron chi connectivity index (χ1n) is 7.86. The van der Waals surface area contributed by atoms with Crippen LogP contribution in [0.4, 0.5) is 11.4 Å². The van der Waals surface area contributed by atoms with Crippen molar-refractivity contribution in [3.63, 3.8) is 0 Å². The van der Waals surface area contributed by atoms with E-state index in [-0.39, 0.29) is 12.3 Å². The van der Waals surface area contributed by atoms with Crippen molar-refractivity contribution in [1.29, 1.82) is 0 Å². The zero-order valence-corrected chi connectivity index (χ0v) is 14.9. The van der Waals surface area contributed by atoms with Gasteiger partial charge in [-0.2, -0.15) is 5.10 Å². The molecule has 1 aromatic heterocycles. The van der Waals surface area contributed by atoms with Crippen molar-refractivity contribution < 1.29 is 13.2 Å². The average Bonchev–Trinajstić information content (AvgIpc) is 3.04. The monoisotopic (exact) mass is 370 g/mol. The summed E-state index contributed by atoms with van der Waals surface area (Å²) in [6, 6.07) is 16.2. The molecule has 0 aliphatic carbocycles. The van der Waals surface area contributed by atoms with E-state index < -0.39 is 10.0 Å². The molecule has 0 radical (unpaired) electrons. The highest BCUT2D eigenvalue weighted by atomic mass is 32.2. The maximum atomic E-state index is 12.3. The number of nitrogens with zero attached hydrogens (tertiary/aromatic N) is 2. The molecule has 2 N–H and O–H groups in total. The molecule has 0 unspecified atom stereocenters. The van der Waals surface area contributed by atoms with Crippen molar-refractivity contribution in [1.82, 2.24) is 9.78 Å². The van der Waals surface area contributed by atoms with Crippen LogP contribution in [0.5, 0.6) is 0 Å². The first-order chi connectivity index (χ1) is 12.4. The summed E-state index contributed by atoms with van der Waals surface area (Å²) in [5, 5.41) is 6.99. The van der Waals surface area contributed by atoms with E-state index in [1.165, 1.54) is 0 Å². The van der Waals surface area contributed by atoms with E-state index >= 15 is 0 Å². The highest BCUT2D eigenvalue weighted by Gasteiger charge is 2.11. The van der Waals surface area contributed by atoms with Crippen molar-refractivity contribution in [2.24, 2.45) is 0 Å². The predicted octanol–water partition coefficient (Wildman–Crippen LogP) is 2.43. The molecule has 26 heavy (non-hydrogen) atoms. The van der Waals surface area contributed by atoms with Crippen LogP contribution >= 0.6 is 0 Å². The van der Waals surface area contributed by atoms with E-state index in [1.807, 2.05) is 30.3 Å². The summed E-state index contributed by atoms with van der Waals surface area (Å²) in [6.07, 6.45) is 4.60. The fraction of sp³-hybridized carbons (Fsp3) is 0.111. The number of sulfonamides is 1. The Hall–Kier alpha value is -3.13. The number of rotatable bonds is 6. The van der Waals surface area contributed by atoms with Gasteiger partial charge in [0.15, 0.2) is 0 Å². The molecule has 3 aromatic rings. The number of para-hydroxylation sites is 3. The standard InChI is InChI=1S/C18H18N4O3S/c1-26(24,25)21-17-10-6-5-9-16(17)20-18(23)11-14-12-19-22(13-14)15-7-3-2-4-8-15/h2-10,12-13,21H,11H2,1H3,(H,20,23). The summed E-state index contributed by atoms with van der Waals surface area (Å²) in [7, 11) is -3.44. The molecule has 0 atom stereocenters. The minimum Gasteiger partial charge on any atom is -0.324 e. The van der Waals surface area contributed by atoms with Gasteiger partial charge in [0.2, 0.25) is 15.9 Å². The molecule has 2 aromatic carbocycles. The van der Waals surface area contributed by atoms with Gasteiger partial charge in [0.25, 0.3) is 0 Å². The van der Waals surface area contributed by atoms with E-state index in [9.17, 15) is 13.2 Å². The van der Waals surface area contributed by atoms with Crippen LogP contribution in [0.25, 0.3) is 5.69 Å². The van der Waals surface area contributed by atoms with Crippen LogP contribution in [-0.2, 0) is 21.2 Å². The first kappa shape index (κ1) is 17.7. The lowest BCUT2D eigenvalue weighted by atomic mass is 10.2. The van der Waals surface area contributed by atoms with Gasteiger partial charge in [0, 0.05) is 6.20 Å². The fourth-order valence-electron chi connectivity index (χ4n) is 2.43. The highest BCUT2D eigenvalue weighted by Crippen LogP contribution is 2.22. The molecule has 0 spiro atoms. The molecule has 0 aliphatic rings. The maximum absolute atomic E-state index is 12.3. The van der Waals surface area contributed by atoms with Gasteiger partial charge in [-0.05, 0) is 29.8 Å². The van der Waals surface area contributed by atoms with Gasteiger partial charge in [-0.1, -0.05) is 30.3 Å². The van der Waals surface area contributed by atoms with E-state index in [1.54, 1.807) is 41.3 Å². The van der Waals surface area contributed by atoms with Crippen LogP contribution in [0.1, 0.15) is 5.56 Å². The molecule has 8 heteroatoms. The minimum absolute atomic E-state index is 0.125. The molecular weight excluding hydrogens is 352 g/mol. The van der Waals surface area contributed by atoms with Crippen LogP contribution in [0.15, 0.2) is 67.0 Å². The molecule has 1 heterocycles. The maximum Gasteiger partial charge on any atom is 0.229 e. The number of nitrogens with one attached hydrogen (secondary N) is 2. The SMILES string of the molecule is CS(=O)(=O)Nc1ccccc1NC(=O)Cc1cnn(-c2ccccc2)c1. The Labute approximate surface area is 151 Å². The Balaban J connectivity index is 1.70. The number of amides is 1. The lowest BCUT2D eigenvalue weighted by molar-refractivity contribution is -0.115. The van der Waals surface area contributed by atoms with Crippen LogP contribution in [0.2, 0.25) is 0 Å². The second kappa shape index (κ2) is 7.40. The van der Waals surface area contributed by atoms with Crippen LogP contribution in [0, 0.1) is 0 Å². The van der Waals surface area contributed by atoms with Gasteiger partial charge in [0.1, 0.15) is 0 Å². The Morgan fingerprint density at radius 3 is 2.38 bits per heavy atom. The Morgan fingerprint density at radius 1 is 1.04 bits per heavy atom. The van der Waals surface area contributed by atoms with Crippen LogP contribution < -0.4 is 10.0 Å². The Kier molecular flexibility index (Phi) is 5.04. The van der Waals surface area contributed by atoms with Crippen molar-refractivity contribution in [2.75, 3.05) is 16.3 Å². The van der Waals surface area contributed by atoms with E-state index in [0.29, 0.717) is 11.4 Å². The lowest BCUT2D eigenvalue weighted by Gasteiger charge is -2.11. The number of aromatic nitrogens is 2. The zero-order chi connectivity index (χ0) is 18.6. The summed E-state index contributed by atoms with van der Waals surface area (Å²) in [5.41, 5.74) is 2.38. The number of anilines is 2. The zero-order valence-electron chi connectivity index (χ0n) is 14.1. The number of hydrogen-bond donors (Lipinski definition) is 2. The second-order valence-corrected chi connectivity index (χ2v) is 7.52. The van der Waals surface area contributed by atoms with Crippen LogP contribution in [-0.4, -0.2) is 30.4 Å². The van der Waals surface area contributed by atoms with Gasteiger partial charge in [-0.25, -0.2) is 13.1 Å². The fourth-order valence-corrected chi connectivity index (χ4v) is 3.01. The summed E-state index contributed by atoms with van der Waals surface area (Å²) in [5.74, 6) is -0.264. The number of carbonyl (C=O) groups excluding carboxylic acids is 1. The van der Waals surface area contributed by atoms with Crippen molar-refractivity contribution in [2.45, 2.75) is 6.42 Å². The highest BCUT2D eigenvalue weighted by molar-refractivity contribution is 7.92.